The predicted molar refractivity (Wildman–Crippen MR) is 111 cm³/mol. The monoisotopic (exact) mass is 350 g/mol. The van der Waals surface area contributed by atoms with Gasteiger partial charge in [-0.05, 0) is 65.2 Å². The highest BCUT2D eigenvalue weighted by atomic mass is 16.5. The van der Waals surface area contributed by atoms with E-state index in [1.54, 1.807) is 0 Å². The first-order valence-electron chi connectivity index (χ1n) is 10.0. The van der Waals surface area contributed by atoms with E-state index in [0.717, 1.165) is 84.2 Å². The van der Waals surface area contributed by atoms with Gasteiger partial charge in [-0.15, -0.1) is 19.7 Å². The lowest BCUT2D eigenvalue weighted by molar-refractivity contribution is -0.0278. The van der Waals surface area contributed by atoms with Crippen LogP contribution in [0, 0.1) is 5.41 Å². The predicted octanol–water partition coefficient (Wildman–Crippen LogP) is 6.88. The minimum absolute atomic E-state index is 0.0825. The summed E-state index contributed by atoms with van der Waals surface area (Å²) in [6, 6.07) is 0. The summed E-state index contributed by atoms with van der Waals surface area (Å²) < 4.78 is 12.1. The molecule has 0 saturated carbocycles. The highest BCUT2D eigenvalue weighted by Gasteiger charge is 2.28. The molecule has 0 aromatic carbocycles. The minimum Gasteiger partial charge on any atom is -0.381 e. The molecule has 0 atom stereocenters. The lowest BCUT2D eigenvalue weighted by Gasteiger charge is -2.32. The molecule has 0 fully saturated rings. The smallest absolute Gasteiger partial charge is 0.0547 e. The Bertz CT molecular complexity index is 344. The molecule has 0 bridgehead atoms. The Hall–Kier alpha value is -0.860. The van der Waals surface area contributed by atoms with Crippen LogP contribution in [0.25, 0.3) is 0 Å². The molecule has 0 amide bonds. The topological polar surface area (TPSA) is 18.5 Å². The van der Waals surface area contributed by atoms with E-state index >= 15 is 0 Å². The number of unbranched alkanes of at least 4 members (excludes halogenated alkanes) is 2. The van der Waals surface area contributed by atoms with Crippen LogP contribution >= 0.6 is 0 Å². The molecule has 0 aromatic rings. The van der Waals surface area contributed by atoms with Gasteiger partial charge in [0.2, 0.25) is 0 Å². The molecule has 0 radical (unpaired) electrons. The Morgan fingerprint density at radius 3 is 1.72 bits per heavy atom. The Labute approximate surface area is 157 Å². The van der Waals surface area contributed by atoms with E-state index in [1.165, 1.54) is 11.1 Å². The summed E-state index contributed by atoms with van der Waals surface area (Å²) in [7, 11) is 0. The van der Waals surface area contributed by atoms with Gasteiger partial charge < -0.3 is 9.47 Å². The van der Waals surface area contributed by atoms with Gasteiger partial charge in [-0.1, -0.05) is 30.6 Å². The zero-order valence-corrected chi connectivity index (χ0v) is 17.2. The van der Waals surface area contributed by atoms with Crippen molar-refractivity contribution in [2.75, 3.05) is 26.4 Å². The molecule has 2 nitrogen and oxygen atoms in total. The quantitative estimate of drug-likeness (QED) is 0.198. The molecule has 2 heteroatoms. The molecule has 0 aliphatic heterocycles. The number of allylic oxidation sites excluding steroid dienone is 3. The van der Waals surface area contributed by atoms with Gasteiger partial charge in [0.1, 0.15) is 0 Å². The average molecular weight is 351 g/mol. The van der Waals surface area contributed by atoms with E-state index in [2.05, 4.69) is 40.5 Å². The van der Waals surface area contributed by atoms with Gasteiger partial charge in [-0.25, -0.2) is 0 Å². The van der Waals surface area contributed by atoms with E-state index in [9.17, 15) is 0 Å². The average Bonchev–Trinajstić information content (AvgIpc) is 2.54. The molecule has 0 aliphatic rings. The first kappa shape index (κ1) is 24.1. The third kappa shape index (κ3) is 14.0. The minimum atomic E-state index is 0.0825. The van der Waals surface area contributed by atoms with Gasteiger partial charge in [0.15, 0.2) is 0 Å². The Kier molecular flexibility index (Phi) is 14.9. The number of rotatable bonds is 18. The largest absolute Gasteiger partial charge is 0.381 e. The van der Waals surface area contributed by atoms with Crippen LogP contribution in [0.1, 0.15) is 78.6 Å². The third-order valence-electron chi connectivity index (χ3n) is 4.46. The second-order valence-electron chi connectivity index (χ2n) is 7.68. The van der Waals surface area contributed by atoms with Crippen LogP contribution in [-0.2, 0) is 9.47 Å². The first-order chi connectivity index (χ1) is 12.0. The maximum atomic E-state index is 6.03. The summed E-state index contributed by atoms with van der Waals surface area (Å²) in [5.41, 5.74) is 2.60. The maximum Gasteiger partial charge on any atom is 0.0547 e. The summed E-state index contributed by atoms with van der Waals surface area (Å²) in [5.74, 6) is 0. The summed E-state index contributed by atoms with van der Waals surface area (Å²) >= 11 is 0. The fourth-order valence-corrected chi connectivity index (χ4v) is 3.08. The van der Waals surface area contributed by atoms with Crippen molar-refractivity contribution < 1.29 is 9.47 Å². The van der Waals surface area contributed by atoms with Crippen LogP contribution in [0.5, 0.6) is 0 Å². The normalized spacial score (nSPS) is 11.5. The van der Waals surface area contributed by atoms with E-state index < -0.39 is 0 Å². The molecule has 146 valence electrons. The van der Waals surface area contributed by atoms with Crippen molar-refractivity contribution in [1.82, 2.24) is 0 Å². The lowest BCUT2D eigenvalue weighted by atomic mass is 9.81. The maximum absolute atomic E-state index is 6.03. The van der Waals surface area contributed by atoms with Gasteiger partial charge in [-0.3, -0.25) is 0 Å². The van der Waals surface area contributed by atoms with Crippen LogP contribution in [0.4, 0.5) is 0 Å². The van der Waals surface area contributed by atoms with Gasteiger partial charge in [0.25, 0.3) is 0 Å². The number of hydrogen-bond donors (Lipinski definition) is 0. The molecule has 0 aliphatic carbocycles. The zero-order chi connectivity index (χ0) is 19.0. The second-order valence-corrected chi connectivity index (χ2v) is 7.68. The fraction of sp³-hybridized carbons (Fsp3) is 0.739. The molecule has 0 saturated heterocycles. The number of ether oxygens (including phenoxy) is 2. The number of hydrogen-bond acceptors (Lipinski definition) is 2. The summed E-state index contributed by atoms with van der Waals surface area (Å²) in [4.78, 5) is 0. The van der Waals surface area contributed by atoms with E-state index in [1.807, 2.05) is 6.08 Å². The zero-order valence-electron chi connectivity index (χ0n) is 17.2. The molecular weight excluding hydrogens is 308 g/mol. The van der Waals surface area contributed by atoms with Crippen LogP contribution in [0.15, 0.2) is 37.0 Å². The van der Waals surface area contributed by atoms with Crippen LogP contribution in [0.2, 0.25) is 0 Å². The van der Waals surface area contributed by atoms with E-state index in [4.69, 9.17) is 9.47 Å². The van der Waals surface area contributed by atoms with Gasteiger partial charge >= 0.3 is 0 Å². The molecular formula is C23H42O2. The van der Waals surface area contributed by atoms with Crippen molar-refractivity contribution in [3.8, 4) is 0 Å². The van der Waals surface area contributed by atoms with Gasteiger partial charge in [0.05, 0.1) is 13.2 Å². The Morgan fingerprint density at radius 2 is 1.36 bits per heavy atom. The first-order valence-corrected chi connectivity index (χ1v) is 10.0. The van der Waals surface area contributed by atoms with Gasteiger partial charge in [-0.2, -0.15) is 0 Å². The fourth-order valence-electron chi connectivity index (χ4n) is 3.08. The van der Waals surface area contributed by atoms with Crippen molar-refractivity contribution in [2.45, 2.75) is 78.6 Å². The standard InChI is InChI=1S/C23H42O2/c1-7-15-23(16-8-2,19-24-17-11-9-13-21(3)4)20-25-18-12-10-14-22(5)6/h7H,1,3,5,8-20H2,2,4,6H3. The SMILES string of the molecule is C=CCC(CCC)(COCCCCC(=C)C)COCCCCC(=C)C. The third-order valence-corrected chi connectivity index (χ3v) is 4.46. The van der Waals surface area contributed by atoms with Gasteiger partial charge in [0, 0.05) is 18.6 Å². The van der Waals surface area contributed by atoms with Crippen LogP contribution < -0.4 is 0 Å². The van der Waals surface area contributed by atoms with E-state index in [0.29, 0.717) is 0 Å². The second kappa shape index (κ2) is 15.4. The summed E-state index contributed by atoms with van der Waals surface area (Å²) in [6.45, 7) is 21.5. The highest BCUT2D eigenvalue weighted by Crippen LogP contribution is 2.30. The van der Waals surface area contributed by atoms with E-state index in [-0.39, 0.29) is 5.41 Å². The molecule has 0 rings (SSSR count). The molecule has 0 unspecified atom stereocenters. The van der Waals surface area contributed by atoms with Crippen molar-refractivity contribution >= 4 is 0 Å². The summed E-state index contributed by atoms with van der Waals surface area (Å²) in [6.07, 6.45) is 12.0. The molecule has 0 heterocycles. The Morgan fingerprint density at radius 1 is 0.880 bits per heavy atom. The summed E-state index contributed by atoms with van der Waals surface area (Å²) in [5, 5.41) is 0. The van der Waals surface area contributed by atoms with Crippen LogP contribution in [-0.4, -0.2) is 26.4 Å². The molecule has 25 heavy (non-hydrogen) atoms. The molecule has 0 spiro atoms. The van der Waals surface area contributed by atoms with Crippen molar-refractivity contribution in [2.24, 2.45) is 5.41 Å². The van der Waals surface area contributed by atoms with Crippen molar-refractivity contribution in [1.29, 1.82) is 0 Å². The Balaban J connectivity index is 4.20. The van der Waals surface area contributed by atoms with Crippen molar-refractivity contribution in [3.05, 3.63) is 37.0 Å². The van der Waals surface area contributed by atoms with Crippen LogP contribution in [0.3, 0.4) is 0 Å². The highest BCUT2D eigenvalue weighted by molar-refractivity contribution is 4.88. The molecule has 0 aromatic heterocycles. The van der Waals surface area contributed by atoms with Crippen molar-refractivity contribution in [3.63, 3.8) is 0 Å². The molecule has 0 N–H and O–H groups in total. The lowest BCUT2D eigenvalue weighted by Crippen LogP contribution is -2.32.